The second kappa shape index (κ2) is 7.72. The third-order valence-corrected chi connectivity index (χ3v) is 7.69. The molecule has 150 valence electrons. The first-order chi connectivity index (χ1) is 13.5. The van der Waals surface area contributed by atoms with E-state index in [1.54, 1.807) is 17.0 Å². The van der Waals surface area contributed by atoms with Crippen LogP contribution in [-0.4, -0.2) is 82.4 Å². The molecule has 4 rings (SSSR count). The van der Waals surface area contributed by atoms with E-state index in [0.29, 0.717) is 24.1 Å². The van der Waals surface area contributed by atoms with Gasteiger partial charge in [-0.25, -0.2) is 8.42 Å². The summed E-state index contributed by atoms with van der Waals surface area (Å²) in [6, 6.07) is 4.89. The summed E-state index contributed by atoms with van der Waals surface area (Å²) >= 11 is 0.973. The maximum Gasteiger partial charge on any atom is 0.312 e. The first kappa shape index (κ1) is 19.2. The number of fused-ring (bicyclic) bond motifs is 1. The second-order valence-corrected chi connectivity index (χ2v) is 9.37. The Morgan fingerprint density at radius 1 is 0.857 bits per heavy atom. The summed E-state index contributed by atoms with van der Waals surface area (Å²) in [6.45, 7) is 1.92. The number of amides is 2. The van der Waals surface area contributed by atoms with E-state index in [1.165, 1.54) is 15.3 Å². The van der Waals surface area contributed by atoms with Crippen LogP contribution in [-0.2, 0) is 19.6 Å². The largest absolute Gasteiger partial charge is 0.334 e. The molecule has 11 heteroatoms. The summed E-state index contributed by atoms with van der Waals surface area (Å²) in [6.07, 6.45) is 2.92. The molecule has 2 fully saturated rings. The summed E-state index contributed by atoms with van der Waals surface area (Å²) < 4.78 is 35.6. The van der Waals surface area contributed by atoms with Gasteiger partial charge in [0.25, 0.3) is 0 Å². The molecule has 28 heavy (non-hydrogen) atoms. The minimum Gasteiger partial charge on any atom is -0.334 e. The lowest BCUT2D eigenvalue weighted by Crippen LogP contribution is -2.54. The average Bonchev–Trinajstić information content (AvgIpc) is 3.22. The fraction of sp³-hybridized carbons (Fsp3) is 0.529. The highest BCUT2D eigenvalue weighted by molar-refractivity contribution is 7.89. The Morgan fingerprint density at radius 3 is 2.18 bits per heavy atom. The van der Waals surface area contributed by atoms with Crippen LogP contribution in [0.4, 0.5) is 0 Å². The van der Waals surface area contributed by atoms with E-state index in [4.69, 9.17) is 0 Å². The Morgan fingerprint density at radius 2 is 1.50 bits per heavy atom. The Balaban J connectivity index is 1.44. The SMILES string of the molecule is O=C(C(=O)N1CCN(S(=O)(=O)c2cccc3nsnc23)CC1)N1CCCCC1. The predicted octanol–water partition coefficient (Wildman–Crippen LogP) is 0.537. The molecule has 1 aromatic carbocycles. The minimum atomic E-state index is -3.74. The summed E-state index contributed by atoms with van der Waals surface area (Å²) in [4.78, 5) is 28.1. The lowest BCUT2D eigenvalue weighted by molar-refractivity contribution is -0.153. The van der Waals surface area contributed by atoms with Crippen LogP contribution in [0, 0.1) is 0 Å². The number of likely N-dealkylation sites (tertiary alicyclic amines) is 1. The van der Waals surface area contributed by atoms with Crippen LogP contribution in [0.15, 0.2) is 23.1 Å². The van der Waals surface area contributed by atoms with Crippen molar-refractivity contribution in [2.75, 3.05) is 39.3 Å². The van der Waals surface area contributed by atoms with Gasteiger partial charge in [0.2, 0.25) is 10.0 Å². The Bertz CT molecular complexity index is 992. The van der Waals surface area contributed by atoms with Crippen molar-refractivity contribution in [1.29, 1.82) is 0 Å². The molecule has 2 aliphatic rings. The van der Waals surface area contributed by atoms with Gasteiger partial charge in [0, 0.05) is 39.3 Å². The fourth-order valence-corrected chi connectivity index (χ4v) is 5.80. The molecule has 0 bridgehead atoms. The molecule has 0 aliphatic carbocycles. The van der Waals surface area contributed by atoms with Crippen molar-refractivity contribution < 1.29 is 18.0 Å². The van der Waals surface area contributed by atoms with Crippen molar-refractivity contribution in [1.82, 2.24) is 22.9 Å². The van der Waals surface area contributed by atoms with E-state index < -0.39 is 21.8 Å². The Kier molecular flexibility index (Phi) is 5.30. The number of nitrogens with zero attached hydrogens (tertiary/aromatic N) is 5. The lowest BCUT2D eigenvalue weighted by Gasteiger charge is -2.35. The maximum absolute atomic E-state index is 13.0. The van der Waals surface area contributed by atoms with Gasteiger partial charge in [-0.15, -0.1) is 0 Å². The quantitative estimate of drug-likeness (QED) is 0.653. The summed E-state index contributed by atoms with van der Waals surface area (Å²) in [5.74, 6) is -1.01. The topological polar surface area (TPSA) is 104 Å². The average molecular weight is 424 g/mol. The fourth-order valence-electron chi connectivity index (χ4n) is 3.63. The van der Waals surface area contributed by atoms with E-state index in [9.17, 15) is 18.0 Å². The van der Waals surface area contributed by atoms with Crippen LogP contribution in [0.3, 0.4) is 0 Å². The third-order valence-electron chi connectivity index (χ3n) is 5.22. The van der Waals surface area contributed by atoms with Crippen LogP contribution in [0.1, 0.15) is 19.3 Å². The van der Waals surface area contributed by atoms with Crippen molar-refractivity contribution in [3.05, 3.63) is 18.2 Å². The number of benzene rings is 1. The predicted molar refractivity (Wildman–Crippen MR) is 103 cm³/mol. The molecule has 3 heterocycles. The van der Waals surface area contributed by atoms with Gasteiger partial charge >= 0.3 is 11.8 Å². The normalized spacial score (nSPS) is 19.1. The number of aromatic nitrogens is 2. The van der Waals surface area contributed by atoms with Crippen molar-refractivity contribution in [2.24, 2.45) is 0 Å². The third kappa shape index (κ3) is 3.49. The molecule has 9 nitrogen and oxygen atoms in total. The smallest absolute Gasteiger partial charge is 0.312 e. The molecule has 0 atom stereocenters. The van der Waals surface area contributed by atoms with E-state index in [2.05, 4.69) is 8.75 Å². The zero-order valence-corrected chi connectivity index (χ0v) is 16.9. The molecule has 2 amide bonds. The van der Waals surface area contributed by atoms with Gasteiger partial charge in [-0.05, 0) is 31.4 Å². The lowest BCUT2D eigenvalue weighted by atomic mass is 10.1. The second-order valence-electron chi connectivity index (χ2n) is 6.94. The monoisotopic (exact) mass is 423 g/mol. The number of sulfonamides is 1. The molecule has 0 saturated carbocycles. The molecule has 0 unspecified atom stereocenters. The van der Waals surface area contributed by atoms with E-state index in [-0.39, 0.29) is 31.1 Å². The van der Waals surface area contributed by atoms with Crippen LogP contribution in [0.5, 0.6) is 0 Å². The molecule has 0 N–H and O–H groups in total. The molecule has 1 aromatic heterocycles. The van der Waals surface area contributed by atoms with E-state index in [0.717, 1.165) is 31.0 Å². The summed E-state index contributed by atoms with van der Waals surface area (Å²) in [5.41, 5.74) is 0.915. The number of carbonyl (C=O) groups is 2. The van der Waals surface area contributed by atoms with Crippen molar-refractivity contribution in [3.63, 3.8) is 0 Å². The molecule has 2 aromatic rings. The highest BCUT2D eigenvalue weighted by atomic mass is 32.2. The molecule has 0 radical (unpaired) electrons. The minimum absolute atomic E-state index is 0.128. The molecular weight excluding hydrogens is 402 g/mol. The van der Waals surface area contributed by atoms with Crippen molar-refractivity contribution in [3.8, 4) is 0 Å². The first-order valence-electron chi connectivity index (χ1n) is 9.28. The molecule has 2 aliphatic heterocycles. The number of hydrogen-bond acceptors (Lipinski definition) is 7. The van der Waals surface area contributed by atoms with Gasteiger partial charge in [0.05, 0.1) is 11.7 Å². The van der Waals surface area contributed by atoms with Crippen LogP contribution >= 0.6 is 11.7 Å². The van der Waals surface area contributed by atoms with E-state index >= 15 is 0 Å². The van der Waals surface area contributed by atoms with Gasteiger partial charge in [0.15, 0.2) is 0 Å². The van der Waals surface area contributed by atoms with Gasteiger partial charge in [0.1, 0.15) is 15.9 Å². The van der Waals surface area contributed by atoms with Crippen LogP contribution < -0.4 is 0 Å². The standard InChI is InChI=1S/C17H21N5O4S2/c23-16(20-7-2-1-3-8-20)17(24)21-9-11-22(12-10-21)28(25,26)14-6-4-5-13-15(14)19-27-18-13/h4-6H,1-3,7-12H2. The van der Waals surface area contributed by atoms with Crippen molar-refractivity contribution in [2.45, 2.75) is 24.2 Å². The highest BCUT2D eigenvalue weighted by Crippen LogP contribution is 2.25. The Labute approximate surface area is 167 Å². The maximum atomic E-state index is 13.0. The summed E-state index contributed by atoms with van der Waals surface area (Å²) in [7, 11) is -3.74. The molecule has 0 spiro atoms. The van der Waals surface area contributed by atoms with E-state index in [1.807, 2.05) is 0 Å². The Hall–Kier alpha value is -2.11. The first-order valence-corrected chi connectivity index (χ1v) is 11.4. The summed E-state index contributed by atoms with van der Waals surface area (Å²) in [5, 5.41) is 0. The van der Waals surface area contributed by atoms with Gasteiger partial charge in [-0.3, -0.25) is 9.59 Å². The highest BCUT2D eigenvalue weighted by Gasteiger charge is 2.34. The van der Waals surface area contributed by atoms with Gasteiger partial charge in [-0.2, -0.15) is 13.1 Å². The molecule has 2 saturated heterocycles. The number of hydrogen-bond donors (Lipinski definition) is 0. The van der Waals surface area contributed by atoms with Crippen LogP contribution in [0.2, 0.25) is 0 Å². The zero-order valence-electron chi connectivity index (χ0n) is 15.3. The molecular formula is C17H21N5O4S2. The van der Waals surface area contributed by atoms with Gasteiger partial charge in [-0.1, -0.05) is 6.07 Å². The van der Waals surface area contributed by atoms with Crippen LogP contribution in [0.25, 0.3) is 11.0 Å². The van der Waals surface area contributed by atoms with Crippen molar-refractivity contribution >= 4 is 44.6 Å². The number of rotatable bonds is 2. The number of piperazine rings is 1. The number of piperidine rings is 1. The zero-order chi connectivity index (χ0) is 19.7. The number of carbonyl (C=O) groups excluding carboxylic acids is 2. The van der Waals surface area contributed by atoms with Gasteiger partial charge < -0.3 is 9.80 Å².